The standard InChI is InChI=1S/C7H9Cl3N2/c1-4-5(2)11-12(3)6(4)7(8,9)10/h1-3H3. The van der Waals surface area contributed by atoms with Crippen molar-refractivity contribution in [2.75, 3.05) is 0 Å². The van der Waals surface area contributed by atoms with Crippen molar-refractivity contribution in [1.82, 2.24) is 9.78 Å². The van der Waals surface area contributed by atoms with Gasteiger partial charge >= 0.3 is 0 Å². The number of aromatic nitrogens is 2. The van der Waals surface area contributed by atoms with Crippen molar-refractivity contribution in [1.29, 1.82) is 0 Å². The van der Waals surface area contributed by atoms with Crippen LogP contribution in [0.1, 0.15) is 17.0 Å². The van der Waals surface area contributed by atoms with E-state index in [9.17, 15) is 0 Å². The molecule has 1 aromatic heterocycles. The maximum absolute atomic E-state index is 5.75. The Morgan fingerprint density at radius 1 is 1.25 bits per heavy atom. The number of halogens is 3. The lowest BCUT2D eigenvalue weighted by atomic mass is 10.2. The summed E-state index contributed by atoms with van der Waals surface area (Å²) in [6.07, 6.45) is 0. The van der Waals surface area contributed by atoms with Crippen molar-refractivity contribution in [3.63, 3.8) is 0 Å². The van der Waals surface area contributed by atoms with E-state index in [1.54, 1.807) is 11.7 Å². The van der Waals surface area contributed by atoms with E-state index in [0.717, 1.165) is 11.3 Å². The molecule has 68 valence electrons. The Bertz CT molecular complexity index is 298. The van der Waals surface area contributed by atoms with Crippen LogP contribution in [0.15, 0.2) is 0 Å². The molecule has 2 nitrogen and oxygen atoms in total. The fourth-order valence-corrected chi connectivity index (χ4v) is 1.95. The summed E-state index contributed by atoms with van der Waals surface area (Å²) in [5.41, 5.74) is 2.45. The van der Waals surface area contributed by atoms with E-state index in [1.165, 1.54) is 0 Å². The molecule has 0 aliphatic rings. The molecule has 0 radical (unpaired) electrons. The van der Waals surface area contributed by atoms with E-state index in [0.29, 0.717) is 5.69 Å². The maximum Gasteiger partial charge on any atom is 0.232 e. The Kier molecular flexibility index (Phi) is 2.62. The summed E-state index contributed by atoms with van der Waals surface area (Å²) in [6, 6.07) is 0. The van der Waals surface area contributed by atoms with Gasteiger partial charge in [0.15, 0.2) is 0 Å². The molecule has 5 heteroatoms. The second-order valence-corrected chi connectivity index (χ2v) is 4.96. The highest BCUT2D eigenvalue weighted by molar-refractivity contribution is 6.66. The van der Waals surface area contributed by atoms with Gasteiger partial charge in [-0.15, -0.1) is 0 Å². The lowest BCUT2D eigenvalue weighted by Crippen LogP contribution is -2.09. The molecular formula is C7H9Cl3N2. The minimum atomic E-state index is -1.39. The Balaban J connectivity index is 3.32. The SMILES string of the molecule is Cc1nn(C)c(C(Cl)(Cl)Cl)c1C. The summed E-state index contributed by atoms with van der Waals surface area (Å²) < 4.78 is 0.206. The van der Waals surface area contributed by atoms with Crippen molar-refractivity contribution in [2.45, 2.75) is 17.6 Å². The van der Waals surface area contributed by atoms with Crippen LogP contribution < -0.4 is 0 Å². The average Bonchev–Trinajstić information content (AvgIpc) is 2.05. The molecule has 1 heterocycles. The van der Waals surface area contributed by atoms with Crippen molar-refractivity contribution in [2.24, 2.45) is 7.05 Å². The first-order valence-electron chi connectivity index (χ1n) is 3.41. The van der Waals surface area contributed by atoms with Crippen LogP contribution in [-0.2, 0) is 10.8 Å². The summed E-state index contributed by atoms with van der Waals surface area (Å²) in [6.45, 7) is 3.77. The zero-order valence-electron chi connectivity index (χ0n) is 7.03. The van der Waals surface area contributed by atoms with Gasteiger partial charge in [0.05, 0.1) is 11.4 Å². The first kappa shape index (κ1) is 10.2. The molecule has 12 heavy (non-hydrogen) atoms. The van der Waals surface area contributed by atoms with Gasteiger partial charge in [-0.2, -0.15) is 5.10 Å². The number of alkyl halides is 3. The van der Waals surface area contributed by atoms with Crippen LogP contribution in [-0.4, -0.2) is 9.78 Å². The van der Waals surface area contributed by atoms with Crippen LogP contribution in [0.5, 0.6) is 0 Å². The van der Waals surface area contributed by atoms with E-state index in [4.69, 9.17) is 34.8 Å². The summed E-state index contributed by atoms with van der Waals surface area (Å²) >= 11 is 17.3. The Morgan fingerprint density at radius 3 is 1.92 bits per heavy atom. The third-order valence-electron chi connectivity index (χ3n) is 1.79. The number of hydrogen-bond acceptors (Lipinski definition) is 1. The Morgan fingerprint density at radius 2 is 1.75 bits per heavy atom. The highest BCUT2D eigenvalue weighted by atomic mass is 35.6. The molecule has 0 aliphatic carbocycles. The second-order valence-electron chi connectivity index (χ2n) is 2.68. The second kappa shape index (κ2) is 3.09. The van der Waals surface area contributed by atoms with E-state index in [2.05, 4.69) is 5.10 Å². The van der Waals surface area contributed by atoms with Gasteiger partial charge in [0.2, 0.25) is 3.79 Å². The van der Waals surface area contributed by atoms with Crippen LogP contribution in [0, 0.1) is 13.8 Å². The van der Waals surface area contributed by atoms with E-state index < -0.39 is 3.79 Å². The molecule has 0 saturated carbocycles. The van der Waals surface area contributed by atoms with Gasteiger partial charge in [0, 0.05) is 7.05 Å². The van der Waals surface area contributed by atoms with Crippen molar-refractivity contribution < 1.29 is 0 Å². The van der Waals surface area contributed by atoms with Crippen LogP contribution in [0.3, 0.4) is 0 Å². The Hall–Kier alpha value is 0.0800. The molecule has 1 rings (SSSR count). The summed E-state index contributed by atoms with van der Waals surface area (Å²) in [5.74, 6) is 0. The largest absolute Gasteiger partial charge is 0.268 e. The van der Waals surface area contributed by atoms with E-state index >= 15 is 0 Å². The van der Waals surface area contributed by atoms with E-state index in [-0.39, 0.29) is 0 Å². The minimum Gasteiger partial charge on any atom is -0.268 e. The lowest BCUT2D eigenvalue weighted by molar-refractivity contribution is 0.713. The van der Waals surface area contributed by atoms with Gasteiger partial charge in [-0.25, -0.2) is 0 Å². The molecule has 0 aliphatic heterocycles. The van der Waals surface area contributed by atoms with Gasteiger partial charge in [-0.05, 0) is 19.4 Å². The van der Waals surface area contributed by atoms with Crippen LogP contribution >= 0.6 is 34.8 Å². The predicted octanol–water partition coefficient (Wildman–Crippen LogP) is 2.86. The normalized spacial score (nSPS) is 12.2. The molecule has 0 bridgehead atoms. The monoisotopic (exact) mass is 226 g/mol. The van der Waals surface area contributed by atoms with Gasteiger partial charge < -0.3 is 0 Å². The summed E-state index contributed by atoms with van der Waals surface area (Å²) in [5, 5.41) is 4.14. The molecule has 1 aromatic rings. The van der Waals surface area contributed by atoms with Gasteiger partial charge in [-0.1, -0.05) is 34.8 Å². The predicted molar refractivity (Wildman–Crippen MR) is 51.9 cm³/mol. The number of aryl methyl sites for hydroxylation is 2. The molecule has 0 unspecified atom stereocenters. The van der Waals surface area contributed by atoms with Crippen LogP contribution in [0.2, 0.25) is 0 Å². The summed E-state index contributed by atoms with van der Waals surface area (Å²) in [4.78, 5) is 0. The topological polar surface area (TPSA) is 17.8 Å². The zero-order valence-corrected chi connectivity index (χ0v) is 9.30. The molecule has 0 spiro atoms. The van der Waals surface area contributed by atoms with Crippen molar-refractivity contribution >= 4 is 34.8 Å². The quantitative estimate of drug-likeness (QED) is 0.623. The molecule has 0 N–H and O–H groups in total. The first-order valence-corrected chi connectivity index (χ1v) is 4.55. The number of rotatable bonds is 0. The third-order valence-corrected chi connectivity index (χ3v) is 2.33. The highest BCUT2D eigenvalue weighted by Gasteiger charge is 2.29. The fourth-order valence-electron chi connectivity index (χ4n) is 1.16. The van der Waals surface area contributed by atoms with Crippen molar-refractivity contribution in [3.8, 4) is 0 Å². The minimum absolute atomic E-state index is 0.630. The van der Waals surface area contributed by atoms with Gasteiger partial charge in [0.1, 0.15) is 0 Å². The molecular weight excluding hydrogens is 218 g/mol. The molecule has 0 aromatic carbocycles. The van der Waals surface area contributed by atoms with E-state index in [1.807, 2.05) is 13.8 Å². The van der Waals surface area contributed by atoms with Gasteiger partial charge in [-0.3, -0.25) is 4.68 Å². The number of nitrogens with zero attached hydrogens (tertiary/aromatic N) is 2. The number of hydrogen-bond donors (Lipinski definition) is 0. The van der Waals surface area contributed by atoms with Crippen LogP contribution in [0.25, 0.3) is 0 Å². The van der Waals surface area contributed by atoms with Crippen molar-refractivity contribution in [3.05, 3.63) is 17.0 Å². The Labute approximate surface area is 86.4 Å². The maximum atomic E-state index is 5.75. The summed E-state index contributed by atoms with van der Waals surface area (Å²) in [7, 11) is 1.76. The molecule has 0 amide bonds. The van der Waals surface area contributed by atoms with Crippen LogP contribution in [0.4, 0.5) is 0 Å². The third kappa shape index (κ3) is 1.70. The zero-order chi connectivity index (χ0) is 9.52. The van der Waals surface area contributed by atoms with Gasteiger partial charge in [0.25, 0.3) is 0 Å². The average molecular weight is 228 g/mol. The fraction of sp³-hybridized carbons (Fsp3) is 0.571. The lowest BCUT2D eigenvalue weighted by Gasteiger charge is -2.12. The molecule has 0 saturated heterocycles. The smallest absolute Gasteiger partial charge is 0.232 e. The molecule has 0 atom stereocenters. The highest BCUT2D eigenvalue weighted by Crippen LogP contribution is 2.40. The first-order chi connectivity index (χ1) is 5.34. The molecule has 0 fully saturated rings.